The standard InChI is InChI=1S/C20H29N3OS2/c1-19(2,3)17-23-14-11-24-12(8-16(14)26-17)9-20(4,5)18-22-13-10-21-7-6-15(13)25-18/h12,21H,6-11H2,1-5H3. The van der Waals surface area contributed by atoms with Crippen molar-refractivity contribution in [2.24, 2.45) is 0 Å². The summed E-state index contributed by atoms with van der Waals surface area (Å²) < 4.78 is 6.20. The van der Waals surface area contributed by atoms with E-state index in [9.17, 15) is 0 Å². The van der Waals surface area contributed by atoms with E-state index in [0.29, 0.717) is 6.61 Å². The summed E-state index contributed by atoms with van der Waals surface area (Å²) in [7, 11) is 0. The van der Waals surface area contributed by atoms with E-state index in [4.69, 9.17) is 14.7 Å². The van der Waals surface area contributed by atoms with Crippen molar-refractivity contribution in [3.8, 4) is 0 Å². The molecular weight excluding hydrogens is 362 g/mol. The van der Waals surface area contributed by atoms with Gasteiger partial charge in [-0.15, -0.1) is 22.7 Å². The summed E-state index contributed by atoms with van der Waals surface area (Å²) in [6, 6.07) is 0. The molecule has 0 fully saturated rings. The summed E-state index contributed by atoms with van der Waals surface area (Å²) in [4.78, 5) is 12.7. The lowest BCUT2D eigenvalue weighted by Crippen LogP contribution is -2.30. The Kier molecular flexibility index (Phi) is 4.75. The molecule has 2 aliphatic rings. The fourth-order valence-corrected chi connectivity index (χ4v) is 6.02. The number of nitrogens with zero attached hydrogens (tertiary/aromatic N) is 2. The first-order chi connectivity index (χ1) is 12.2. The van der Waals surface area contributed by atoms with Gasteiger partial charge in [-0.05, 0) is 12.8 Å². The third-order valence-corrected chi connectivity index (χ3v) is 8.27. The normalized spacial score (nSPS) is 20.7. The van der Waals surface area contributed by atoms with Crippen molar-refractivity contribution in [2.45, 2.75) is 84.0 Å². The number of ether oxygens (including phenoxy) is 1. The molecular formula is C20H29N3OS2. The molecule has 0 radical (unpaired) electrons. The van der Waals surface area contributed by atoms with Crippen LogP contribution in [0.2, 0.25) is 0 Å². The van der Waals surface area contributed by atoms with E-state index < -0.39 is 0 Å². The molecule has 0 aromatic carbocycles. The number of fused-ring (bicyclic) bond motifs is 2. The summed E-state index contributed by atoms with van der Waals surface area (Å²) in [5, 5.41) is 5.92. The number of thiazole rings is 2. The lowest BCUT2D eigenvalue weighted by molar-refractivity contribution is 0.0106. The first kappa shape index (κ1) is 18.5. The zero-order valence-corrected chi connectivity index (χ0v) is 18.1. The molecule has 142 valence electrons. The molecule has 4 heterocycles. The monoisotopic (exact) mass is 391 g/mol. The minimum atomic E-state index is 0.0434. The number of hydrogen-bond donors (Lipinski definition) is 1. The SMILES string of the molecule is CC(C)(C)c1nc2c(s1)CC(CC(C)(C)c1nc3c(s1)CCNC3)OC2. The number of rotatable bonds is 3. The fourth-order valence-electron chi connectivity index (χ4n) is 3.64. The molecule has 0 saturated heterocycles. The molecule has 2 aromatic rings. The van der Waals surface area contributed by atoms with Crippen LogP contribution >= 0.6 is 22.7 Å². The molecule has 2 aromatic heterocycles. The van der Waals surface area contributed by atoms with Gasteiger partial charge in [-0.3, -0.25) is 0 Å². The third-order valence-electron chi connectivity index (χ3n) is 5.21. The van der Waals surface area contributed by atoms with Crippen molar-refractivity contribution in [2.75, 3.05) is 6.54 Å². The number of hydrogen-bond acceptors (Lipinski definition) is 6. The van der Waals surface area contributed by atoms with Gasteiger partial charge >= 0.3 is 0 Å². The van der Waals surface area contributed by atoms with Gasteiger partial charge in [0.15, 0.2) is 0 Å². The van der Waals surface area contributed by atoms with Crippen molar-refractivity contribution in [3.05, 3.63) is 31.2 Å². The van der Waals surface area contributed by atoms with E-state index in [2.05, 4.69) is 39.9 Å². The van der Waals surface area contributed by atoms with Crippen LogP contribution in [-0.2, 0) is 41.6 Å². The highest BCUT2D eigenvalue weighted by molar-refractivity contribution is 7.12. The van der Waals surface area contributed by atoms with Crippen LogP contribution in [0.15, 0.2) is 0 Å². The smallest absolute Gasteiger partial charge is 0.0988 e. The molecule has 4 rings (SSSR count). The molecule has 0 bridgehead atoms. The molecule has 4 nitrogen and oxygen atoms in total. The van der Waals surface area contributed by atoms with Crippen LogP contribution in [0, 0.1) is 0 Å². The van der Waals surface area contributed by atoms with Crippen molar-refractivity contribution >= 4 is 22.7 Å². The molecule has 0 aliphatic carbocycles. The van der Waals surface area contributed by atoms with Gasteiger partial charge in [0.1, 0.15) is 0 Å². The van der Waals surface area contributed by atoms with Crippen LogP contribution in [0.5, 0.6) is 0 Å². The van der Waals surface area contributed by atoms with Gasteiger partial charge in [-0.25, -0.2) is 9.97 Å². The Bertz CT molecular complexity index is 777. The fraction of sp³-hybridized carbons (Fsp3) is 0.700. The van der Waals surface area contributed by atoms with Crippen LogP contribution in [0.3, 0.4) is 0 Å². The largest absolute Gasteiger partial charge is 0.371 e. The lowest BCUT2D eigenvalue weighted by atomic mass is 9.85. The maximum Gasteiger partial charge on any atom is 0.0988 e. The highest BCUT2D eigenvalue weighted by Crippen LogP contribution is 2.39. The summed E-state index contributed by atoms with van der Waals surface area (Å²) in [6.07, 6.45) is 3.36. The van der Waals surface area contributed by atoms with Crippen LogP contribution in [0.1, 0.15) is 72.2 Å². The Hall–Kier alpha value is -0.820. The molecule has 1 atom stereocenters. The second-order valence-electron chi connectivity index (χ2n) is 9.18. The Labute approximate surface area is 164 Å². The van der Waals surface area contributed by atoms with E-state index in [0.717, 1.165) is 38.0 Å². The lowest BCUT2D eigenvalue weighted by Gasteiger charge is -2.30. The number of aromatic nitrogens is 2. The van der Waals surface area contributed by atoms with E-state index in [1.807, 2.05) is 22.7 Å². The maximum absolute atomic E-state index is 6.20. The summed E-state index contributed by atoms with van der Waals surface area (Å²) in [6.45, 7) is 14.0. The topological polar surface area (TPSA) is 47.0 Å². The maximum atomic E-state index is 6.20. The van der Waals surface area contributed by atoms with Gasteiger partial charge in [0.25, 0.3) is 0 Å². The molecule has 1 N–H and O–H groups in total. The quantitative estimate of drug-likeness (QED) is 0.845. The highest BCUT2D eigenvalue weighted by atomic mass is 32.1. The average Bonchev–Trinajstić information content (AvgIpc) is 3.18. The Morgan fingerprint density at radius 3 is 2.50 bits per heavy atom. The highest BCUT2D eigenvalue weighted by Gasteiger charge is 2.34. The minimum absolute atomic E-state index is 0.0434. The van der Waals surface area contributed by atoms with Crippen molar-refractivity contribution < 1.29 is 4.74 Å². The molecule has 0 spiro atoms. The molecule has 2 aliphatic heterocycles. The molecule has 6 heteroatoms. The van der Waals surface area contributed by atoms with E-state index in [-0.39, 0.29) is 16.9 Å². The van der Waals surface area contributed by atoms with Gasteiger partial charge in [0, 0.05) is 40.1 Å². The molecule has 1 unspecified atom stereocenters. The second kappa shape index (κ2) is 6.66. The van der Waals surface area contributed by atoms with Crippen LogP contribution in [0.25, 0.3) is 0 Å². The molecule has 26 heavy (non-hydrogen) atoms. The second-order valence-corrected chi connectivity index (χ2v) is 11.3. The predicted molar refractivity (Wildman–Crippen MR) is 108 cm³/mol. The zero-order valence-electron chi connectivity index (χ0n) is 16.4. The van der Waals surface area contributed by atoms with Crippen molar-refractivity contribution in [1.82, 2.24) is 15.3 Å². The first-order valence-corrected chi connectivity index (χ1v) is 11.2. The van der Waals surface area contributed by atoms with Crippen molar-refractivity contribution in [3.63, 3.8) is 0 Å². The predicted octanol–water partition coefficient (Wildman–Crippen LogP) is 4.35. The van der Waals surface area contributed by atoms with Gasteiger partial charge in [0.2, 0.25) is 0 Å². The first-order valence-electron chi connectivity index (χ1n) is 9.53. The van der Waals surface area contributed by atoms with Crippen LogP contribution in [-0.4, -0.2) is 22.6 Å². The Morgan fingerprint density at radius 2 is 1.77 bits per heavy atom. The van der Waals surface area contributed by atoms with E-state index in [1.165, 1.54) is 25.5 Å². The summed E-state index contributed by atoms with van der Waals surface area (Å²) in [5.74, 6) is 0. The van der Waals surface area contributed by atoms with Crippen LogP contribution < -0.4 is 5.32 Å². The minimum Gasteiger partial charge on any atom is -0.371 e. The van der Waals surface area contributed by atoms with Crippen LogP contribution in [0.4, 0.5) is 0 Å². The summed E-state index contributed by atoms with van der Waals surface area (Å²) >= 11 is 3.79. The third kappa shape index (κ3) is 3.61. The zero-order chi connectivity index (χ0) is 18.5. The summed E-state index contributed by atoms with van der Waals surface area (Å²) in [5.41, 5.74) is 2.57. The van der Waals surface area contributed by atoms with Gasteiger partial charge in [-0.2, -0.15) is 0 Å². The van der Waals surface area contributed by atoms with Gasteiger partial charge < -0.3 is 10.1 Å². The van der Waals surface area contributed by atoms with Crippen molar-refractivity contribution in [1.29, 1.82) is 0 Å². The Morgan fingerprint density at radius 1 is 1.04 bits per heavy atom. The number of nitrogens with one attached hydrogen (secondary N) is 1. The molecule has 0 amide bonds. The van der Waals surface area contributed by atoms with E-state index >= 15 is 0 Å². The Balaban J connectivity index is 1.49. The van der Waals surface area contributed by atoms with E-state index in [1.54, 1.807) is 0 Å². The van der Waals surface area contributed by atoms with Gasteiger partial charge in [0.05, 0.1) is 34.1 Å². The van der Waals surface area contributed by atoms with Gasteiger partial charge in [-0.1, -0.05) is 34.6 Å². The molecule has 0 saturated carbocycles. The average molecular weight is 392 g/mol.